The van der Waals surface area contributed by atoms with Gasteiger partial charge in [0.05, 0.1) is 5.52 Å². The van der Waals surface area contributed by atoms with Crippen molar-refractivity contribution in [1.29, 1.82) is 0 Å². The molecule has 0 bridgehead atoms. The standard InChI is InChI=1S/C17H18N4O/c1-4-21-16-8-7-13(10-15(16)19-20-21)17(22)18-14-9-11(2)5-6-12(14)3/h5-10H,4H2,1-3H3,(H,18,22). The molecule has 0 atom stereocenters. The molecule has 0 saturated carbocycles. The minimum Gasteiger partial charge on any atom is -0.322 e. The van der Waals surface area contributed by atoms with Crippen LogP contribution in [0.2, 0.25) is 0 Å². The lowest BCUT2D eigenvalue weighted by molar-refractivity contribution is 0.102. The molecule has 0 unspecified atom stereocenters. The molecule has 1 N–H and O–H groups in total. The molecule has 1 heterocycles. The van der Waals surface area contributed by atoms with E-state index >= 15 is 0 Å². The lowest BCUT2D eigenvalue weighted by Gasteiger charge is -2.09. The van der Waals surface area contributed by atoms with Gasteiger partial charge in [-0.25, -0.2) is 4.68 Å². The van der Waals surface area contributed by atoms with Crippen molar-refractivity contribution in [3.05, 3.63) is 53.1 Å². The Bertz CT molecular complexity index is 851. The van der Waals surface area contributed by atoms with Gasteiger partial charge in [-0.05, 0) is 56.2 Å². The highest BCUT2D eigenvalue weighted by atomic mass is 16.1. The van der Waals surface area contributed by atoms with E-state index < -0.39 is 0 Å². The normalized spacial score (nSPS) is 10.9. The number of nitrogens with one attached hydrogen (secondary N) is 1. The highest BCUT2D eigenvalue weighted by Gasteiger charge is 2.11. The van der Waals surface area contributed by atoms with Crippen LogP contribution in [-0.4, -0.2) is 20.9 Å². The number of hydrogen-bond acceptors (Lipinski definition) is 3. The van der Waals surface area contributed by atoms with Gasteiger partial charge in [-0.1, -0.05) is 17.3 Å². The van der Waals surface area contributed by atoms with Gasteiger partial charge in [0.1, 0.15) is 5.52 Å². The van der Waals surface area contributed by atoms with E-state index in [9.17, 15) is 4.79 Å². The van der Waals surface area contributed by atoms with Crippen LogP contribution >= 0.6 is 0 Å². The first-order chi connectivity index (χ1) is 10.6. The number of rotatable bonds is 3. The maximum atomic E-state index is 12.4. The molecule has 5 heteroatoms. The summed E-state index contributed by atoms with van der Waals surface area (Å²) >= 11 is 0. The molecule has 1 aromatic heterocycles. The first-order valence-electron chi connectivity index (χ1n) is 7.30. The van der Waals surface area contributed by atoms with E-state index in [1.807, 2.05) is 49.7 Å². The second kappa shape index (κ2) is 5.60. The van der Waals surface area contributed by atoms with Gasteiger partial charge in [0.25, 0.3) is 5.91 Å². The van der Waals surface area contributed by atoms with Gasteiger partial charge in [0, 0.05) is 17.8 Å². The van der Waals surface area contributed by atoms with Crippen molar-refractivity contribution < 1.29 is 4.79 Å². The van der Waals surface area contributed by atoms with Crippen molar-refractivity contribution in [3.8, 4) is 0 Å². The Morgan fingerprint density at radius 1 is 1.18 bits per heavy atom. The van der Waals surface area contributed by atoms with Gasteiger partial charge in [-0.3, -0.25) is 4.79 Å². The van der Waals surface area contributed by atoms with Crippen LogP contribution in [0.25, 0.3) is 11.0 Å². The number of aromatic nitrogens is 3. The molecule has 0 aliphatic heterocycles. The van der Waals surface area contributed by atoms with Gasteiger partial charge in [-0.15, -0.1) is 5.10 Å². The van der Waals surface area contributed by atoms with E-state index in [1.54, 1.807) is 12.1 Å². The Morgan fingerprint density at radius 3 is 2.77 bits per heavy atom. The van der Waals surface area contributed by atoms with Crippen molar-refractivity contribution in [3.63, 3.8) is 0 Å². The lowest BCUT2D eigenvalue weighted by atomic mass is 10.1. The van der Waals surface area contributed by atoms with Gasteiger partial charge in [-0.2, -0.15) is 0 Å². The minimum absolute atomic E-state index is 0.137. The number of carbonyl (C=O) groups excluding carboxylic acids is 1. The second-order valence-electron chi connectivity index (χ2n) is 5.38. The molecule has 3 rings (SSSR count). The highest BCUT2D eigenvalue weighted by Crippen LogP contribution is 2.19. The maximum Gasteiger partial charge on any atom is 0.255 e. The Labute approximate surface area is 129 Å². The average molecular weight is 294 g/mol. The number of benzene rings is 2. The van der Waals surface area contributed by atoms with Crippen LogP contribution in [0.3, 0.4) is 0 Å². The summed E-state index contributed by atoms with van der Waals surface area (Å²) in [7, 11) is 0. The number of amides is 1. The van der Waals surface area contributed by atoms with E-state index in [-0.39, 0.29) is 5.91 Å². The quantitative estimate of drug-likeness (QED) is 0.806. The third kappa shape index (κ3) is 2.57. The molecule has 2 aromatic carbocycles. The number of carbonyl (C=O) groups is 1. The first kappa shape index (κ1) is 14.3. The van der Waals surface area contributed by atoms with Crippen LogP contribution in [0.4, 0.5) is 5.69 Å². The Balaban J connectivity index is 1.90. The molecule has 0 fully saturated rings. The summed E-state index contributed by atoms with van der Waals surface area (Å²) in [6.07, 6.45) is 0. The monoisotopic (exact) mass is 294 g/mol. The summed E-state index contributed by atoms with van der Waals surface area (Å²) in [4.78, 5) is 12.4. The molecule has 1 amide bonds. The van der Waals surface area contributed by atoms with Crippen LogP contribution in [0.1, 0.15) is 28.4 Å². The molecule has 5 nitrogen and oxygen atoms in total. The SMILES string of the molecule is CCn1nnc2cc(C(=O)Nc3cc(C)ccc3C)ccc21. The Morgan fingerprint density at radius 2 is 2.00 bits per heavy atom. The summed E-state index contributed by atoms with van der Waals surface area (Å²) in [6, 6.07) is 11.5. The fourth-order valence-corrected chi connectivity index (χ4v) is 2.41. The van der Waals surface area contributed by atoms with E-state index in [2.05, 4.69) is 15.6 Å². The van der Waals surface area contributed by atoms with Crippen LogP contribution in [0.5, 0.6) is 0 Å². The number of fused-ring (bicyclic) bond motifs is 1. The summed E-state index contributed by atoms with van der Waals surface area (Å²) in [6.45, 7) is 6.75. The largest absolute Gasteiger partial charge is 0.322 e. The van der Waals surface area contributed by atoms with Crippen molar-refractivity contribution >= 4 is 22.6 Å². The minimum atomic E-state index is -0.137. The van der Waals surface area contributed by atoms with E-state index in [1.165, 1.54) is 0 Å². The zero-order valence-corrected chi connectivity index (χ0v) is 12.9. The Kier molecular flexibility index (Phi) is 3.63. The summed E-state index contributed by atoms with van der Waals surface area (Å²) < 4.78 is 1.81. The third-order valence-corrected chi connectivity index (χ3v) is 3.72. The van der Waals surface area contributed by atoms with Crippen LogP contribution in [0, 0.1) is 13.8 Å². The zero-order valence-electron chi connectivity index (χ0n) is 12.9. The molecule has 22 heavy (non-hydrogen) atoms. The Hall–Kier alpha value is -2.69. The summed E-state index contributed by atoms with van der Waals surface area (Å²) in [5, 5.41) is 11.1. The number of nitrogens with zero attached hydrogens (tertiary/aromatic N) is 3. The molecule has 0 saturated heterocycles. The molecule has 0 aliphatic carbocycles. The van der Waals surface area contributed by atoms with Crippen molar-refractivity contribution in [2.75, 3.05) is 5.32 Å². The molecule has 3 aromatic rings. The topological polar surface area (TPSA) is 59.8 Å². The van der Waals surface area contributed by atoms with Crippen LogP contribution < -0.4 is 5.32 Å². The van der Waals surface area contributed by atoms with Gasteiger partial charge >= 0.3 is 0 Å². The number of aryl methyl sites for hydroxylation is 3. The fourth-order valence-electron chi connectivity index (χ4n) is 2.41. The third-order valence-electron chi connectivity index (χ3n) is 3.72. The molecule has 0 radical (unpaired) electrons. The molecule has 0 aliphatic rings. The number of anilines is 1. The van der Waals surface area contributed by atoms with Crippen molar-refractivity contribution in [2.24, 2.45) is 0 Å². The zero-order chi connectivity index (χ0) is 15.7. The van der Waals surface area contributed by atoms with Crippen molar-refractivity contribution in [2.45, 2.75) is 27.3 Å². The van der Waals surface area contributed by atoms with Gasteiger partial charge < -0.3 is 5.32 Å². The smallest absolute Gasteiger partial charge is 0.255 e. The van der Waals surface area contributed by atoms with Crippen LogP contribution in [0.15, 0.2) is 36.4 Å². The molecular weight excluding hydrogens is 276 g/mol. The highest BCUT2D eigenvalue weighted by molar-refractivity contribution is 6.06. The van der Waals surface area contributed by atoms with E-state index in [0.29, 0.717) is 5.56 Å². The second-order valence-corrected chi connectivity index (χ2v) is 5.38. The van der Waals surface area contributed by atoms with Crippen molar-refractivity contribution in [1.82, 2.24) is 15.0 Å². The predicted octanol–water partition coefficient (Wildman–Crippen LogP) is 3.32. The molecule has 0 spiro atoms. The molecular formula is C17H18N4O. The fraction of sp³-hybridized carbons (Fsp3) is 0.235. The van der Waals surface area contributed by atoms with Crippen LogP contribution in [-0.2, 0) is 6.54 Å². The predicted molar refractivity (Wildman–Crippen MR) is 87.1 cm³/mol. The average Bonchev–Trinajstić information content (AvgIpc) is 2.93. The lowest BCUT2D eigenvalue weighted by Crippen LogP contribution is -2.12. The van der Waals surface area contributed by atoms with Gasteiger partial charge in [0.2, 0.25) is 0 Å². The van der Waals surface area contributed by atoms with E-state index in [0.717, 1.165) is 34.4 Å². The molecule has 112 valence electrons. The first-order valence-corrected chi connectivity index (χ1v) is 7.30. The van der Waals surface area contributed by atoms with E-state index in [4.69, 9.17) is 0 Å². The summed E-state index contributed by atoms with van der Waals surface area (Å²) in [5.41, 5.74) is 5.24. The number of hydrogen-bond donors (Lipinski definition) is 1. The maximum absolute atomic E-state index is 12.4. The van der Waals surface area contributed by atoms with Gasteiger partial charge in [0.15, 0.2) is 0 Å². The summed E-state index contributed by atoms with van der Waals surface area (Å²) in [5.74, 6) is -0.137.